The van der Waals surface area contributed by atoms with Crippen LogP contribution in [-0.4, -0.2) is 31.7 Å². The van der Waals surface area contributed by atoms with E-state index in [0.717, 1.165) is 14.9 Å². The van der Waals surface area contributed by atoms with Gasteiger partial charge in [0, 0.05) is 19.0 Å². The summed E-state index contributed by atoms with van der Waals surface area (Å²) in [6.45, 7) is 6.82. The Balaban J connectivity index is 1.60. The quantitative estimate of drug-likeness (QED) is 0.683. The van der Waals surface area contributed by atoms with Gasteiger partial charge in [-0.2, -0.15) is 4.31 Å². The summed E-state index contributed by atoms with van der Waals surface area (Å²) in [5.41, 5.74) is 3.44. The van der Waals surface area contributed by atoms with Crippen LogP contribution >= 0.6 is 27.3 Å². The molecule has 0 radical (unpaired) electrons. The van der Waals surface area contributed by atoms with Crippen LogP contribution in [0.25, 0.3) is 0 Å². The van der Waals surface area contributed by atoms with Gasteiger partial charge in [0.1, 0.15) is 4.21 Å². The highest BCUT2D eigenvalue weighted by atomic mass is 79.9. The minimum atomic E-state index is -3.48. The van der Waals surface area contributed by atoms with Gasteiger partial charge < -0.3 is 5.32 Å². The van der Waals surface area contributed by atoms with Crippen molar-refractivity contribution in [3.05, 3.63) is 50.8 Å². The van der Waals surface area contributed by atoms with Gasteiger partial charge >= 0.3 is 0 Å². The largest absolute Gasteiger partial charge is 0.349 e. The summed E-state index contributed by atoms with van der Waals surface area (Å²) < 4.78 is 28.1. The monoisotopic (exact) mass is 484 g/mol. The fourth-order valence-electron chi connectivity index (χ4n) is 3.56. The van der Waals surface area contributed by atoms with E-state index in [0.29, 0.717) is 30.1 Å². The summed E-state index contributed by atoms with van der Waals surface area (Å²) in [6.07, 6.45) is 1.08. The fourth-order valence-corrected chi connectivity index (χ4v) is 7.19. The first-order valence-corrected chi connectivity index (χ1v) is 12.4. The molecule has 0 bridgehead atoms. The van der Waals surface area contributed by atoms with E-state index >= 15 is 0 Å². The molecule has 0 aliphatic carbocycles. The lowest BCUT2D eigenvalue weighted by atomic mass is 9.95. The van der Waals surface area contributed by atoms with Crippen molar-refractivity contribution in [3.63, 3.8) is 0 Å². The van der Waals surface area contributed by atoms with E-state index in [9.17, 15) is 13.2 Å². The van der Waals surface area contributed by atoms with Crippen LogP contribution in [0.2, 0.25) is 0 Å². The van der Waals surface area contributed by atoms with Crippen LogP contribution in [0.5, 0.6) is 0 Å². The summed E-state index contributed by atoms with van der Waals surface area (Å²) >= 11 is 4.52. The van der Waals surface area contributed by atoms with Crippen molar-refractivity contribution in [1.29, 1.82) is 0 Å². The molecule has 1 unspecified atom stereocenters. The molecule has 5 nitrogen and oxygen atoms in total. The molecule has 1 amide bonds. The second-order valence-corrected chi connectivity index (χ2v) is 12.0. The normalized spacial score (nSPS) is 17.4. The van der Waals surface area contributed by atoms with Crippen LogP contribution in [0.4, 0.5) is 0 Å². The minimum Gasteiger partial charge on any atom is -0.349 e. The highest BCUT2D eigenvalue weighted by molar-refractivity contribution is 9.11. The molecule has 1 atom stereocenters. The maximum Gasteiger partial charge on any atom is 0.252 e. The van der Waals surface area contributed by atoms with Crippen molar-refractivity contribution in [2.75, 3.05) is 13.1 Å². The van der Waals surface area contributed by atoms with Gasteiger partial charge in [0.2, 0.25) is 5.91 Å². The number of thiophene rings is 1. The summed E-state index contributed by atoms with van der Waals surface area (Å²) in [7, 11) is -3.48. The molecule has 1 aliphatic heterocycles. The van der Waals surface area contributed by atoms with E-state index in [1.165, 1.54) is 21.2 Å². The van der Waals surface area contributed by atoms with E-state index < -0.39 is 10.0 Å². The Morgan fingerprint density at radius 3 is 2.50 bits per heavy atom. The van der Waals surface area contributed by atoms with E-state index in [-0.39, 0.29) is 17.9 Å². The number of carbonyl (C=O) groups excluding carboxylic acids is 1. The van der Waals surface area contributed by atoms with Gasteiger partial charge in [-0.3, -0.25) is 4.79 Å². The molecule has 1 aromatic carbocycles. The highest BCUT2D eigenvalue weighted by Crippen LogP contribution is 2.31. The second-order valence-electron chi connectivity index (χ2n) is 7.33. The Labute approximate surface area is 179 Å². The van der Waals surface area contributed by atoms with Crippen LogP contribution in [0, 0.1) is 19.8 Å². The number of hydrogen-bond acceptors (Lipinski definition) is 4. The molecule has 1 N–H and O–H groups in total. The SMILES string of the molecule is Cc1ccc(C)c(C(C)NC(=O)C2CCN(S(=O)(=O)c3ccc(Br)s3)CC2)c1. The highest BCUT2D eigenvalue weighted by Gasteiger charge is 2.33. The molecular formula is C20H25BrN2O3S2. The van der Waals surface area contributed by atoms with Crippen molar-refractivity contribution in [1.82, 2.24) is 9.62 Å². The number of piperidine rings is 1. The number of rotatable bonds is 5. The van der Waals surface area contributed by atoms with Crippen molar-refractivity contribution in [2.24, 2.45) is 5.92 Å². The molecule has 1 aromatic heterocycles. The number of nitrogens with zero attached hydrogens (tertiary/aromatic N) is 1. The fraction of sp³-hybridized carbons (Fsp3) is 0.450. The maximum atomic E-state index is 12.7. The van der Waals surface area contributed by atoms with Crippen LogP contribution in [0.3, 0.4) is 0 Å². The zero-order valence-corrected chi connectivity index (χ0v) is 19.5. The molecule has 0 spiro atoms. The zero-order chi connectivity index (χ0) is 20.5. The standard InChI is InChI=1S/C20H25BrN2O3S2/c1-13-4-5-14(2)17(12-13)15(3)22-20(24)16-8-10-23(11-9-16)28(25,26)19-7-6-18(21)27-19/h4-7,12,15-16H,8-11H2,1-3H3,(H,22,24). The van der Waals surface area contributed by atoms with Crippen molar-refractivity contribution >= 4 is 43.2 Å². The van der Waals surface area contributed by atoms with Crippen LogP contribution in [-0.2, 0) is 14.8 Å². The van der Waals surface area contributed by atoms with E-state index in [1.807, 2.05) is 20.8 Å². The number of nitrogens with one attached hydrogen (secondary N) is 1. The Kier molecular flexibility index (Phi) is 6.64. The zero-order valence-electron chi connectivity index (χ0n) is 16.2. The van der Waals surface area contributed by atoms with Crippen molar-refractivity contribution < 1.29 is 13.2 Å². The lowest BCUT2D eigenvalue weighted by Gasteiger charge is -2.31. The van der Waals surface area contributed by atoms with Crippen molar-refractivity contribution in [3.8, 4) is 0 Å². The molecule has 8 heteroatoms. The van der Waals surface area contributed by atoms with E-state index in [1.54, 1.807) is 12.1 Å². The average molecular weight is 485 g/mol. The van der Waals surface area contributed by atoms with Gasteiger partial charge in [-0.15, -0.1) is 11.3 Å². The first-order valence-electron chi connectivity index (χ1n) is 9.31. The number of amides is 1. The Bertz CT molecular complexity index is 964. The third kappa shape index (κ3) is 4.67. The van der Waals surface area contributed by atoms with Crippen LogP contribution in [0.15, 0.2) is 38.3 Å². The van der Waals surface area contributed by atoms with Gasteiger partial charge in [0.15, 0.2) is 0 Å². The Morgan fingerprint density at radius 2 is 1.89 bits per heavy atom. The topological polar surface area (TPSA) is 66.5 Å². The first kappa shape index (κ1) is 21.5. The summed E-state index contributed by atoms with van der Waals surface area (Å²) in [6, 6.07) is 9.53. The van der Waals surface area contributed by atoms with Gasteiger partial charge in [-0.05, 0) is 72.8 Å². The average Bonchev–Trinajstić information content (AvgIpc) is 3.11. The molecule has 2 heterocycles. The predicted octanol–water partition coefficient (Wildman–Crippen LogP) is 4.41. The molecule has 0 saturated carbocycles. The van der Waals surface area contributed by atoms with Crippen LogP contribution in [0.1, 0.15) is 42.5 Å². The second kappa shape index (κ2) is 8.65. The van der Waals surface area contributed by atoms with E-state index in [2.05, 4.69) is 39.4 Å². The lowest BCUT2D eigenvalue weighted by molar-refractivity contribution is -0.126. The Hall–Kier alpha value is -1.22. The summed E-state index contributed by atoms with van der Waals surface area (Å²) in [5, 5.41) is 3.11. The molecule has 152 valence electrons. The lowest BCUT2D eigenvalue weighted by Crippen LogP contribution is -2.43. The number of benzene rings is 1. The number of aryl methyl sites for hydroxylation is 2. The number of carbonyl (C=O) groups is 1. The Morgan fingerprint density at radius 1 is 1.21 bits per heavy atom. The number of hydrogen-bond donors (Lipinski definition) is 1. The van der Waals surface area contributed by atoms with Crippen molar-refractivity contribution in [2.45, 2.75) is 43.9 Å². The third-order valence-electron chi connectivity index (χ3n) is 5.23. The molecular weight excluding hydrogens is 460 g/mol. The summed E-state index contributed by atoms with van der Waals surface area (Å²) in [4.78, 5) is 12.7. The number of sulfonamides is 1. The molecule has 1 aliphatic rings. The molecule has 1 saturated heterocycles. The third-order valence-corrected chi connectivity index (χ3v) is 9.22. The van der Waals surface area contributed by atoms with Gasteiger partial charge in [-0.25, -0.2) is 8.42 Å². The van der Waals surface area contributed by atoms with Gasteiger partial charge in [0.05, 0.1) is 9.83 Å². The number of halogens is 1. The predicted molar refractivity (Wildman–Crippen MR) is 116 cm³/mol. The summed E-state index contributed by atoms with van der Waals surface area (Å²) in [5.74, 6) is -0.154. The minimum absolute atomic E-state index is 0.00400. The molecule has 2 aromatic rings. The van der Waals surface area contributed by atoms with Crippen LogP contribution < -0.4 is 5.32 Å². The van der Waals surface area contributed by atoms with Gasteiger partial charge in [-0.1, -0.05) is 23.8 Å². The molecule has 1 fully saturated rings. The van der Waals surface area contributed by atoms with E-state index in [4.69, 9.17) is 0 Å². The molecule has 28 heavy (non-hydrogen) atoms. The first-order chi connectivity index (χ1) is 13.2. The van der Waals surface area contributed by atoms with Gasteiger partial charge in [0.25, 0.3) is 10.0 Å². The smallest absolute Gasteiger partial charge is 0.252 e. The molecule has 3 rings (SSSR count). The maximum absolute atomic E-state index is 12.7.